The van der Waals surface area contributed by atoms with Crippen molar-refractivity contribution in [1.29, 1.82) is 0 Å². The average Bonchev–Trinajstić information content (AvgIpc) is 2.67. The summed E-state index contributed by atoms with van der Waals surface area (Å²) in [6.45, 7) is 7.86. The molecule has 1 saturated heterocycles. The zero-order valence-electron chi connectivity index (χ0n) is 16.4. The third-order valence-corrected chi connectivity index (χ3v) is 5.49. The molecule has 0 spiro atoms. The number of nitrogen functional groups attached to an aromatic ring is 1. The molecule has 0 radical (unpaired) electrons. The van der Waals surface area contributed by atoms with Gasteiger partial charge in [-0.1, -0.05) is 6.07 Å². The first-order valence-corrected chi connectivity index (χ1v) is 9.35. The van der Waals surface area contributed by atoms with Crippen molar-refractivity contribution in [3.63, 3.8) is 0 Å². The van der Waals surface area contributed by atoms with Crippen LogP contribution >= 0.6 is 0 Å². The summed E-state index contributed by atoms with van der Waals surface area (Å²) in [5, 5.41) is 9.56. The second-order valence-corrected chi connectivity index (χ2v) is 7.03. The van der Waals surface area contributed by atoms with E-state index in [4.69, 9.17) is 10.5 Å². The fraction of sp³-hybridized carbons (Fsp3) is 0.500. The summed E-state index contributed by atoms with van der Waals surface area (Å²) in [6, 6.07) is 6.33. The molecule has 3 rings (SSSR count). The minimum atomic E-state index is 0.168. The summed E-state index contributed by atoms with van der Waals surface area (Å²) in [5.41, 5.74) is 9.49. The topological polar surface area (TPSA) is 87.7 Å². The first kappa shape index (κ1) is 19.4. The Morgan fingerprint density at radius 1 is 1.22 bits per heavy atom. The van der Waals surface area contributed by atoms with Crippen LogP contribution in [-0.4, -0.2) is 59.4 Å². The number of nitrogens with two attached hydrogens (primary N) is 1. The van der Waals surface area contributed by atoms with Gasteiger partial charge in [-0.15, -0.1) is 0 Å². The molecule has 7 heteroatoms. The van der Waals surface area contributed by atoms with Gasteiger partial charge >= 0.3 is 0 Å². The Hall–Kier alpha value is -2.38. The summed E-state index contributed by atoms with van der Waals surface area (Å²) in [4.78, 5) is 13.0. The number of benzene rings is 1. The van der Waals surface area contributed by atoms with E-state index in [0.29, 0.717) is 0 Å². The van der Waals surface area contributed by atoms with Crippen molar-refractivity contribution in [2.24, 2.45) is 0 Å². The van der Waals surface area contributed by atoms with Crippen molar-refractivity contribution in [3.8, 4) is 5.75 Å². The van der Waals surface area contributed by atoms with E-state index in [0.717, 1.165) is 44.2 Å². The fourth-order valence-electron chi connectivity index (χ4n) is 3.74. The van der Waals surface area contributed by atoms with Crippen LogP contribution in [0.25, 0.3) is 0 Å². The molecule has 0 saturated carbocycles. The molecular weight excluding hydrogens is 342 g/mol. The van der Waals surface area contributed by atoms with Crippen molar-refractivity contribution < 1.29 is 9.84 Å². The van der Waals surface area contributed by atoms with E-state index in [-0.39, 0.29) is 18.6 Å². The Morgan fingerprint density at radius 3 is 2.74 bits per heavy atom. The first-order chi connectivity index (χ1) is 13.0. The third kappa shape index (κ3) is 4.31. The van der Waals surface area contributed by atoms with Gasteiger partial charge in [-0.05, 0) is 49.1 Å². The monoisotopic (exact) mass is 371 g/mol. The predicted octanol–water partition coefficient (Wildman–Crippen LogP) is 1.76. The maximum Gasteiger partial charge on any atom is 0.221 e. The van der Waals surface area contributed by atoms with Gasteiger partial charge in [-0.25, -0.2) is 4.98 Å². The van der Waals surface area contributed by atoms with Crippen LogP contribution in [0.4, 0.5) is 11.8 Å². The molecule has 7 nitrogen and oxygen atoms in total. The summed E-state index contributed by atoms with van der Waals surface area (Å²) in [5.74, 6) is 2.06. The maximum absolute atomic E-state index is 9.56. The summed E-state index contributed by atoms with van der Waals surface area (Å²) < 4.78 is 5.43. The van der Waals surface area contributed by atoms with E-state index >= 15 is 0 Å². The van der Waals surface area contributed by atoms with E-state index in [2.05, 4.69) is 39.7 Å². The highest BCUT2D eigenvalue weighted by Gasteiger charge is 2.28. The number of rotatable bonds is 6. The molecular formula is C20H29N5O2. The van der Waals surface area contributed by atoms with Crippen molar-refractivity contribution in [2.75, 3.05) is 44.0 Å². The van der Waals surface area contributed by atoms with Crippen LogP contribution in [0.2, 0.25) is 0 Å². The van der Waals surface area contributed by atoms with Gasteiger partial charge in [0.15, 0.2) is 0 Å². The Balaban J connectivity index is 1.76. The highest BCUT2D eigenvalue weighted by atomic mass is 16.5. The van der Waals surface area contributed by atoms with Crippen LogP contribution in [0.5, 0.6) is 5.75 Å². The zero-order chi connectivity index (χ0) is 19.4. The molecule has 3 N–H and O–H groups in total. The van der Waals surface area contributed by atoms with Crippen LogP contribution in [0.15, 0.2) is 24.4 Å². The van der Waals surface area contributed by atoms with Crippen LogP contribution in [0.3, 0.4) is 0 Å². The minimum Gasteiger partial charge on any atom is -0.496 e. The van der Waals surface area contributed by atoms with Crippen LogP contribution < -0.4 is 15.4 Å². The number of ether oxygens (including phenoxy) is 1. The van der Waals surface area contributed by atoms with Crippen molar-refractivity contribution in [3.05, 3.63) is 41.1 Å². The Bertz CT molecular complexity index is 783. The molecule has 2 aromatic rings. The SMILES string of the molecule is COc1ccc(CN2CCN(c3ccnc(N)n3)C[C@@H]2CCO)c(C)c1C. The molecule has 1 atom stereocenters. The third-order valence-electron chi connectivity index (χ3n) is 5.49. The fourth-order valence-corrected chi connectivity index (χ4v) is 3.74. The standard InChI is InChI=1S/C20H29N5O2/c1-14-15(2)18(27-3)5-4-16(14)12-24-9-10-25(13-17(24)7-11-26)19-6-8-22-20(21)23-19/h4-6,8,17,26H,7,9-13H2,1-3H3,(H2,21,22,23)/t17-/m0/s1. The number of hydrogen-bond donors (Lipinski definition) is 2. The lowest BCUT2D eigenvalue weighted by atomic mass is 10.00. The van der Waals surface area contributed by atoms with Gasteiger partial charge in [0.25, 0.3) is 0 Å². The molecule has 1 aromatic carbocycles. The molecule has 2 heterocycles. The predicted molar refractivity (Wildman–Crippen MR) is 107 cm³/mol. The van der Waals surface area contributed by atoms with Gasteiger partial charge in [0.2, 0.25) is 5.95 Å². The van der Waals surface area contributed by atoms with Gasteiger partial charge in [0.05, 0.1) is 7.11 Å². The molecule has 27 heavy (non-hydrogen) atoms. The minimum absolute atomic E-state index is 0.168. The van der Waals surface area contributed by atoms with Crippen molar-refractivity contribution in [2.45, 2.75) is 32.9 Å². The number of aliphatic hydroxyl groups excluding tert-OH is 1. The van der Waals surface area contributed by atoms with E-state index in [1.165, 1.54) is 16.7 Å². The molecule has 1 aromatic heterocycles. The van der Waals surface area contributed by atoms with Crippen LogP contribution in [0, 0.1) is 13.8 Å². The van der Waals surface area contributed by atoms with Gasteiger partial charge in [0.1, 0.15) is 11.6 Å². The smallest absolute Gasteiger partial charge is 0.221 e. The van der Waals surface area contributed by atoms with Gasteiger partial charge in [-0.3, -0.25) is 4.90 Å². The van der Waals surface area contributed by atoms with Crippen LogP contribution in [-0.2, 0) is 6.54 Å². The number of piperazine rings is 1. The Labute approximate surface area is 160 Å². The molecule has 0 aliphatic carbocycles. The second kappa shape index (κ2) is 8.54. The summed E-state index contributed by atoms with van der Waals surface area (Å²) in [6.07, 6.45) is 2.42. The largest absolute Gasteiger partial charge is 0.496 e. The Morgan fingerprint density at radius 2 is 2.04 bits per heavy atom. The average molecular weight is 371 g/mol. The highest BCUT2D eigenvalue weighted by molar-refractivity contribution is 5.44. The lowest BCUT2D eigenvalue weighted by Crippen LogP contribution is -2.53. The number of aliphatic hydroxyl groups is 1. The maximum atomic E-state index is 9.56. The van der Waals surface area contributed by atoms with E-state index in [1.807, 2.05) is 12.1 Å². The van der Waals surface area contributed by atoms with Gasteiger partial charge < -0.3 is 20.5 Å². The summed E-state index contributed by atoms with van der Waals surface area (Å²) >= 11 is 0. The number of anilines is 2. The molecule has 1 fully saturated rings. The molecule has 1 aliphatic rings. The van der Waals surface area contributed by atoms with Crippen LogP contribution in [0.1, 0.15) is 23.1 Å². The lowest BCUT2D eigenvalue weighted by Gasteiger charge is -2.42. The quantitative estimate of drug-likeness (QED) is 0.800. The highest BCUT2D eigenvalue weighted by Crippen LogP contribution is 2.27. The summed E-state index contributed by atoms with van der Waals surface area (Å²) in [7, 11) is 1.71. The van der Waals surface area contributed by atoms with E-state index in [9.17, 15) is 5.11 Å². The zero-order valence-corrected chi connectivity index (χ0v) is 16.4. The molecule has 146 valence electrons. The number of aromatic nitrogens is 2. The van der Waals surface area contributed by atoms with Crippen molar-refractivity contribution in [1.82, 2.24) is 14.9 Å². The van der Waals surface area contributed by atoms with Crippen molar-refractivity contribution >= 4 is 11.8 Å². The van der Waals surface area contributed by atoms with Gasteiger partial charge in [-0.2, -0.15) is 4.98 Å². The number of nitrogens with zero attached hydrogens (tertiary/aromatic N) is 4. The second-order valence-electron chi connectivity index (χ2n) is 7.03. The molecule has 0 bridgehead atoms. The van der Waals surface area contributed by atoms with Gasteiger partial charge in [0, 0.05) is 45.0 Å². The first-order valence-electron chi connectivity index (χ1n) is 9.35. The normalized spacial score (nSPS) is 17.9. The van der Waals surface area contributed by atoms with E-state index < -0.39 is 0 Å². The number of hydrogen-bond acceptors (Lipinski definition) is 7. The number of methoxy groups -OCH3 is 1. The Kier molecular flexibility index (Phi) is 6.13. The molecule has 0 unspecified atom stereocenters. The molecule has 0 amide bonds. The lowest BCUT2D eigenvalue weighted by molar-refractivity contribution is 0.135. The molecule has 1 aliphatic heterocycles. The van der Waals surface area contributed by atoms with E-state index in [1.54, 1.807) is 13.3 Å².